The first-order valence-electron chi connectivity index (χ1n) is 8.85. The Morgan fingerprint density at radius 1 is 1.32 bits per heavy atom. The van der Waals surface area contributed by atoms with Crippen LogP contribution in [-0.2, 0) is 0 Å². The largest absolute Gasteiger partial charge is 0.435 e. The highest BCUT2D eigenvalue weighted by Crippen LogP contribution is 2.19. The van der Waals surface area contributed by atoms with Crippen LogP contribution in [-0.4, -0.2) is 43.7 Å². The fraction of sp³-hybridized carbons (Fsp3) is 0.611. The number of piperidine rings is 1. The van der Waals surface area contributed by atoms with Gasteiger partial charge in [0.25, 0.3) is 0 Å². The quantitative estimate of drug-likeness (QED) is 0.695. The van der Waals surface area contributed by atoms with E-state index in [0.717, 1.165) is 25.3 Å². The number of rotatable bonds is 8. The van der Waals surface area contributed by atoms with E-state index in [1.54, 1.807) is 12.1 Å². The first-order chi connectivity index (χ1) is 12.0. The van der Waals surface area contributed by atoms with Crippen molar-refractivity contribution < 1.29 is 18.3 Å². The molecule has 1 aliphatic heterocycles. The van der Waals surface area contributed by atoms with Crippen LogP contribution in [0.2, 0.25) is 0 Å². The van der Waals surface area contributed by atoms with Crippen molar-refractivity contribution in [3.05, 3.63) is 24.3 Å². The van der Waals surface area contributed by atoms with Gasteiger partial charge >= 0.3 is 12.6 Å². The molecule has 5 nitrogen and oxygen atoms in total. The topological polar surface area (TPSA) is 53.6 Å². The van der Waals surface area contributed by atoms with Gasteiger partial charge < -0.3 is 20.3 Å². The summed E-state index contributed by atoms with van der Waals surface area (Å²) >= 11 is 0. The predicted octanol–water partition coefficient (Wildman–Crippen LogP) is 3.92. The molecule has 1 fully saturated rings. The molecule has 7 heteroatoms. The summed E-state index contributed by atoms with van der Waals surface area (Å²) in [4.78, 5) is 14.3. The summed E-state index contributed by atoms with van der Waals surface area (Å²) in [5.41, 5.74) is 0.415. The summed E-state index contributed by atoms with van der Waals surface area (Å²) in [5.74, 6) is 0.856. The average molecular weight is 355 g/mol. The predicted molar refractivity (Wildman–Crippen MR) is 94.2 cm³/mol. The average Bonchev–Trinajstić information content (AvgIpc) is 2.56. The molecule has 0 radical (unpaired) electrons. The van der Waals surface area contributed by atoms with Gasteiger partial charge in [-0.15, -0.1) is 0 Å². The lowest BCUT2D eigenvalue weighted by Gasteiger charge is -2.30. The Morgan fingerprint density at radius 3 is 2.80 bits per heavy atom. The summed E-state index contributed by atoms with van der Waals surface area (Å²) in [5, 5.41) is 5.39. The number of nitrogens with zero attached hydrogens (tertiary/aromatic N) is 1. The summed E-state index contributed by atoms with van der Waals surface area (Å²) in [7, 11) is 0. The van der Waals surface area contributed by atoms with Gasteiger partial charge in [0.2, 0.25) is 0 Å². The Morgan fingerprint density at radius 2 is 2.08 bits per heavy atom. The minimum absolute atomic E-state index is 0.0173. The number of urea groups is 1. The van der Waals surface area contributed by atoms with Crippen molar-refractivity contribution in [1.29, 1.82) is 0 Å². The van der Waals surface area contributed by atoms with Crippen molar-refractivity contribution in [2.24, 2.45) is 5.92 Å². The molecule has 0 unspecified atom stereocenters. The monoisotopic (exact) mass is 355 g/mol. The standard InChI is InChI=1S/C18H27F2N3O2/c1-14-7-11-23(12-8-14)10-3-2-9-21-18(24)22-15-5-4-6-16(13-15)25-17(19)20/h4-6,13-14,17H,2-3,7-12H2,1H3,(H2,21,22,24). The zero-order valence-electron chi connectivity index (χ0n) is 14.6. The number of hydrogen-bond donors (Lipinski definition) is 2. The number of alkyl halides is 2. The van der Waals surface area contributed by atoms with E-state index in [0.29, 0.717) is 12.2 Å². The Bertz CT molecular complexity index is 535. The van der Waals surface area contributed by atoms with E-state index >= 15 is 0 Å². The van der Waals surface area contributed by atoms with Crippen LogP contribution in [0.25, 0.3) is 0 Å². The first kappa shape index (κ1) is 19.4. The number of nitrogens with one attached hydrogen (secondary N) is 2. The van der Waals surface area contributed by atoms with E-state index < -0.39 is 6.61 Å². The maximum Gasteiger partial charge on any atom is 0.387 e. The van der Waals surface area contributed by atoms with Crippen molar-refractivity contribution in [3.8, 4) is 5.75 Å². The van der Waals surface area contributed by atoms with Crippen LogP contribution in [0.4, 0.5) is 19.3 Å². The van der Waals surface area contributed by atoms with Gasteiger partial charge in [-0.25, -0.2) is 4.79 Å². The Kier molecular flexibility index (Phi) is 7.91. The molecule has 140 valence electrons. The molecular weight excluding hydrogens is 328 g/mol. The van der Waals surface area contributed by atoms with Gasteiger partial charge in [-0.2, -0.15) is 8.78 Å². The first-order valence-corrected chi connectivity index (χ1v) is 8.85. The molecule has 1 aromatic rings. The van der Waals surface area contributed by atoms with E-state index in [2.05, 4.69) is 27.2 Å². The summed E-state index contributed by atoms with van der Waals surface area (Å²) in [6.07, 6.45) is 4.50. The Labute approximate surface area is 147 Å². The minimum atomic E-state index is -2.88. The van der Waals surface area contributed by atoms with Crippen molar-refractivity contribution in [2.75, 3.05) is 31.5 Å². The lowest BCUT2D eigenvalue weighted by Crippen LogP contribution is -2.34. The van der Waals surface area contributed by atoms with E-state index in [1.165, 1.54) is 38.1 Å². The van der Waals surface area contributed by atoms with Crippen molar-refractivity contribution in [2.45, 2.75) is 39.2 Å². The van der Waals surface area contributed by atoms with Crippen LogP contribution in [0.15, 0.2) is 24.3 Å². The maximum absolute atomic E-state index is 12.2. The molecule has 0 aromatic heterocycles. The zero-order chi connectivity index (χ0) is 18.1. The van der Waals surface area contributed by atoms with Gasteiger partial charge in [-0.05, 0) is 63.4 Å². The van der Waals surface area contributed by atoms with E-state index in [4.69, 9.17) is 0 Å². The van der Waals surface area contributed by atoms with Crippen molar-refractivity contribution >= 4 is 11.7 Å². The van der Waals surface area contributed by atoms with Gasteiger partial charge in [0.05, 0.1) is 0 Å². The third-order valence-corrected chi connectivity index (χ3v) is 4.38. The Balaban J connectivity index is 1.59. The van der Waals surface area contributed by atoms with Gasteiger partial charge in [0.15, 0.2) is 0 Å². The van der Waals surface area contributed by atoms with Crippen LogP contribution < -0.4 is 15.4 Å². The second-order valence-corrected chi connectivity index (χ2v) is 6.52. The van der Waals surface area contributed by atoms with E-state index in [-0.39, 0.29) is 11.8 Å². The summed E-state index contributed by atoms with van der Waals surface area (Å²) < 4.78 is 28.7. The highest BCUT2D eigenvalue weighted by Gasteiger charge is 2.14. The molecule has 1 aliphatic rings. The molecule has 1 saturated heterocycles. The number of ether oxygens (including phenoxy) is 1. The minimum Gasteiger partial charge on any atom is -0.435 e. The zero-order valence-corrected chi connectivity index (χ0v) is 14.6. The number of carbonyl (C=O) groups excluding carboxylic acids is 1. The van der Waals surface area contributed by atoms with Gasteiger partial charge in [0.1, 0.15) is 5.75 Å². The normalized spacial score (nSPS) is 16.0. The second kappa shape index (κ2) is 10.2. The van der Waals surface area contributed by atoms with E-state index in [9.17, 15) is 13.6 Å². The number of unbranched alkanes of at least 4 members (excludes halogenated alkanes) is 1. The molecule has 2 amide bonds. The number of likely N-dealkylation sites (tertiary alicyclic amines) is 1. The number of benzene rings is 1. The van der Waals surface area contributed by atoms with Crippen LogP contribution in [0.1, 0.15) is 32.6 Å². The number of hydrogen-bond acceptors (Lipinski definition) is 3. The summed E-state index contributed by atoms with van der Waals surface area (Å²) in [6.45, 7) is 3.42. The molecule has 2 N–H and O–H groups in total. The highest BCUT2D eigenvalue weighted by atomic mass is 19.3. The molecule has 2 rings (SSSR count). The van der Waals surface area contributed by atoms with Crippen molar-refractivity contribution in [1.82, 2.24) is 10.2 Å². The van der Waals surface area contributed by atoms with Crippen LogP contribution in [0, 0.1) is 5.92 Å². The highest BCUT2D eigenvalue weighted by molar-refractivity contribution is 5.89. The molecule has 0 aliphatic carbocycles. The van der Waals surface area contributed by atoms with Gasteiger partial charge in [-0.1, -0.05) is 13.0 Å². The molecule has 0 atom stereocenters. The molecule has 1 aromatic carbocycles. The second-order valence-electron chi connectivity index (χ2n) is 6.52. The number of carbonyl (C=O) groups is 1. The lowest BCUT2D eigenvalue weighted by molar-refractivity contribution is -0.0497. The van der Waals surface area contributed by atoms with Crippen LogP contribution in [0.5, 0.6) is 5.75 Å². The maximum atomic E-state index is 12.2. The lowest BCUT2D eigenvalue weighted by atomic mass is 9.99. The Hall–Kier alpha value is -1.89. The van der Waals surface area contributed by atoms with Gasteiger partial charge in [-0.3, -0.25) is 0 Å². The van der Waals surface area contributed by atoms with Crippen molar-refractivity contribution in [3.63, 3.8) is 0 Å². The molecule has 1 heterocycles. The summed E-state index contributed by atoms with van der Waals surface area (Å²) in [6, 6.07) is 5.60. The fourth-order valence-electron chi connectivity index (χ4n) is 2.87. The SMILES string of the molecule is CC1CCN(CCCCNC(=O)Nc2cccc(OC(F)F)c2)CC1. The molecule has 0 saturated carbocycles. The third kappa shape index (κ3) is 7.69. The molecule has 25 heavy (non-hydrogen) atoms. The number of halogens is 2. The van der Waals surface area contributed by atoms with Gasteiger partial charge in [0, 0.05) is 18.3 Å². The van der Waals surface area contributed by atoms with E-state index in [1.807, 2.05) is 0 Å². The van der Waals surface area contributed by atoms with Crippen LogP contribution >= 0.6 is 0 Å². The number of anilines is 1. The van der Waals surface area contributed by atoms with Crippen LogP contribution in [0.3, 0.4) is 0 Å². The molecule has 0 spiro atoms. The molecular formula is C18H27F2N3O2. The smallest absolute Gasteiger partial charge is 0.387 e. The number of amides is 2. The fourth-order valence-corrected chi connectivity index (χ4v) is 2.87. The third-order valence-electron chi connectivity index (χ3n) is 4.38. The molecule has 0 bridgehead atoms.